The van der Waals surface area contributed by atoms with Gasteiger partial charge in [0.2, 0.25) is 0 Å². The van der Waals surface area contributed by atoms with Crippen LogP contribution in [-0.4, -0.2) is 54.4 Å². The van der Waals surface area contributed by atoms with Gasteiger partial charge in [0.15, 0.2) is 0 Å². The number of β-amino-alcohol motifs (C(OH)–C–C–N with tert-alkyl or cyclic N) is 1. The van der Waals surface area contributed by atoms with Crippen LogP contribution < -0.4 is 0 Å². The molecule has 3 rings (SSSR count). The second-order valence-corrected chi connectivity index (χ2v) is 9.78. The quantitative estimate of drug-likeness (QED) is 0.291. The Kier molecular flexibility index (Phi) is 10.8. The maximum Gasteiger partial charge on any atom is 0.330 e. The van der Waals surface area contributed by atoms with Crippen LogP contribution in [0.1, 0.15) is 67.0 Å². The van der Waals surface area contributed by atoms with Crippen LogP contribution in [0.25, 0.3) is 6.08 Å². The average Bonchev–Trinajstić information content (AvgIpc) is 3.29. The fourth-order valence-corrected chi connectivity index (χ4v) is 4.87. The number of likely N-dealkylation sites (tertiary alicyclic amines) is 1. The first-order valence-electron chi connectivity index (χ1n) is 13.1. The SMILES string of the molecule is CCOC(=O)C=Cc1cc(C)c(F)cc1[C@@H](CC)OC[C@H](O)CN1CCC[C@H]1Cc1ccc(C)c(F)c1. The van der Waals surface area contributed by atoms with Gasteiger partial charge < -0.3 is 14.6 Å². The lowest BCUT2D eigenvalue weighted by atomic mass is 9.97. The predicted octanol–water partition coefficient (Wildman–Crippen LogP) is 5.69. The monoisotopic (exact) mass is 515 g/mol. The second-order valence-electron chi connectivity index (χ2n) is 9.78. The number of halogens is 2. The molecule has 5 nitrogen and oxygen atoms in total. The molecule has 1 heterocycles. The van der Waals surface area contributed by atoms with Crippen LogP contribution in [0, 0.1) is 25.5 Å². The van der Waals surface area contributed by atoms with Gasteiger partial charge in [-0.2, -0.15) is 0 Å². The normalized spacial score (nSPS) is 17.9. The number of aryl methyl sites for hydroxylation is 2. The summed E-state index contributed by atoms with van der Waals surface area (Å²) in [5.74, 6) is -1.00. The Morgan fingerprint density at radius 1 is 1.16 bits per heavy atom. The summed E-state index contributed by atoms with van der Waals surface area (Å²) in [5, 5.41) is 10.8. The third kappa shape index (κ3) is 8.19. The van der Waals surface area contributed by atoms with Crippen molar-refractivity contribution >= 4 is 12.0 Å². The summed E-state index contributed by atoms with van der Waals surface area (Å²) in [6, 6.07) is 8.75. The van der Waals surface area contributed by atoms with Gasteiger partial charge in [0.05, 0.1) is 25.4 Å². The van der Waals surface area contributed by atoms with E-state index in [1.807, 2.05) is 19.1 Å². The zero-order valence-electron chi connectivity index (χ0n) is 22.3. The number of rotatable bonds is 12. The first-order valence-corrected chi connectivity index (χ1v) is 13.1. The summed E-state index contributed by atoms with van der Waals surface area (Å²) in [6.07, 6.45) is 5.11. The van der Waals surface area contributed by atoms with Crippen molar-refractivity contribution in [2.24, 2.45) is 0 Å². The van der Waals surface area contributed by atoms with Crippen LogP contribution in [0.4, 0.5) is 8.78 Å². The smallest absolute Gasteiger partial charge is 0.330 e. The van der Waals surface area contributed by atoms with E-state index in [-0.39, 0.29) is 30.9 Å². The Labute approximate surface area is 219 Å². The number of carbonyl (C=O) groups is 1. The van der Waals surface area contributed by atoms with Crippen molar-refractivity contribution in [1.82, 2.24) is 4.90 Å². The first-order chi connectivity index (χ1) is 17.7. The van der Waals surface area contributed by atoms with Crippen LogP contribution in [0.5, 0.6) is 0 Å². The van der Waals surface area contributed by atoms with Crippen LogP contribution >= 0.6 is 0 Å². The van der Waals surface area contributed by atoms with Crippen LogP contribution in [0.15, 0.2) is 36.4 Å². The Morgan fingerprint density at radius 3 is 2.62 bits per heavy atom. The molecule has 0 spiro atoms. The van der Waals surface area contributed by atoms with Gasteiger partial charge in [0.25, 0.3) is 0 Å². The highest BCUT2D eigenvalue weighted by Gasteiger charge is 2.27. The average molecular weight is 516 g/mol. The summed E-state index contributed by atoms with van der Waals surface area (Å²) in [5.41, 5.74) is 3.37. The van der Waals surface area contributed by atoms with E-state index in [0.29, 0.717) is 35.2 Å². The van der Waals surface area contributed by atoms with Crippen LogP contribution in [0.2, 0.25) is 0 Å². The molecule has 0 aromatic heterocycles. The number of ether oxygens (including phenoxy) is 2. The molecule has 1 aliphatic heterocycles. The molecule has 202 valence electrons. The van der Waals surface area contributed by atoms with E-state index < -0.39 is 18.2 Å². The molecule has 0 bridgehead atoms. The van der Waals surface area contributed by atoms with E-state index in [4.69, 9.17) is 9.47 Å². The number of nitrogens with zero attached hydrogens (tertiary/aromatic N) is 1. The molecule has 1 aliphatic rings. The third-order valence-electron chi connectivity index (χ3n) is 6.91. The molecule has 0 amide bonds. The standard InChI is InChI=1S/C30H39F2NO4/c1-5-29(26-17-28(32)21(4)14-23(26)11-12-30(35)36-6-2)37-19-25(34)18-33-13-7-8-24(33)15-22-10-9-20(3)27(31)16-22/h9-12,14,16-17,24-25,29,34H,5-8,13,15,18-19H2,1-4H3/t24-,25+,29+/m0/s1. The van der Waals surface area contributed by atoms with E-state index in [1.165, 1.54) is 12.1 Å². The van der Waals surface area contributed by atoms with E-state index in [2.05, 4.69) is 4.90 Å². The summed E-state index contributed by atoms with van der Waals surface area (Å²) < 4.78 is 39.5. The second kappa shape index (κ2) is 13.8. The number of aliphatic hydroxyl groups excluding tert-OH is 1. The third-order valence-corrected chi connectivity index (χ3v) is 6.91. The van der Waals surface area contributed by atoms with Crippen molar-refractivity contribution in [3.63, 3.8) is 0 Å². The van der Waals surface area contributed by atoms with Gasteiger partial charge in [0.1, 0.15) is 11.6 Å². The predicted molar refractivity (Wildman–Crippen MR) is 141 cm³/mol. The van der Waals surface area contributed by atoms with Gasteiger partial charge >= 0.3 is 5.97 Å². The van der Waals surface area contributed by atoms with Gasteiger partial charge in [-0.15, -0.1) is 0 Å². The lowest BCUT2D eigenvalue weighted by Gasteiger charge is -2.28. The highest BCUT2D eigenvalue weighted by Crippen LogP contribution is 2.29. The Balaban J connectivity index is 1.63. The molecule has 0 unspecified atom stereocenters. The number of hydrogen-bond acceptors (Lipinski definition) is 5. The van der Waals surface area contributed by atoms with Crippen LogP contribution in [0.3, 0.4) is 0 Å². The lowest BCUT2D eigenvalue weighted by molar-refractivity contribution is -0.137. The zero-order chi connectivity index (χ0) is 26.9. The molecule has 0 radical (unpaired) electrons. The Bertz CT molecular complexity index is 1090. The van der Waals surface area contributed by atoms with Gasteiger partial charge in [-0.05, 0) is 105 Å². The largest absolute Gasteiger partial charge is 0.463 e. The fraction of sp³-hybridized carbons (Fsp3) is 0.500. The van der Waals surface area contributed by atoms with Gasteiger partial charge in [-0.3, -0.25) is 4.90 Å². The van der Waals surface area contributed by atoms with Crippen molar-refractivity contribution in [2.75, 3.05) is 26.3 Å². The molecule has 7 heteroatoms. The molecule has 0 aliphatic carbocycles. The van der Waals surface area contributed by atoms with Gasteiger partial charge in [-0.25, -0.2) is 13.6 Å². The summed E-state index contributed by atoms with van der Waals surface area (Å²) in [4.78, 5) is 14.0. The van der Waals surface area contributed by atoms with E-state index in [9.17, 15) is 18.7 Å². The molecule has 1 saturated heterocycles. The molecular formula is C30H39F2NO4. The summed E-state index contributed by atoms with van der Waals surface area (Å²) in [6.45, 7) is 8.79. The molecule has 2 aromatic carbocycles. The number of benzene rings is 2. The maximum atomic E-state index is 14.5. The van der Waals surface area contributed by atoms with Gasteiger partial charge in [0, 0.05) is 18.7 Å². The summed E-state index contributed by atoms with van der Waals surface area (Å²) >= 11 is 0. The van der Waals surface area contributed by atoms with Crippen molar-refractivity contribution in [3.05, 3.63) is 75.9 Å². The van der Waals surface area contributed by atoms with E-state index in [1.54, 1.807) is 39.0 Å². The van der Waals surface area contributed by atoms with Crippen LogP contribution in [-0.2, 0) is 20.7 Å². The topological polar surface area (TPSA) is 59.0 Å². The number of aliphatic hydroxyl groups is 1. The van der Waals surface area contributed by atoms with Crippen molar-refractivity contribution in [1.29, 1.82) is 0 Å². The molecule has 37 heavy (non-hydrogen) atoms. The van der Waals surface area contributed by atoms with Crippen molar-refractivity contribution in [3.8, 4) is 0 Å². The van der Waals surface area contributed by atoms with Crippen molar-refractivity contribution < 1.29 is 28.2 Å². The number of hydrogen-bond donors (Lipinski definition) is 1. The maximum absolute atomic E-state index is 14.5. The highest BCUT2D eigenvalue weighted by molar-refractivity contribution is 5.87. The zero-order valence-corrected chi connectivity index (χ0v) is 22.3. The molecule has 1 fully saturated rings. The fourth-order valence-electron chi connectivity index (χ4n) is 4.87. The lowest BCUT2D eigenvalue weighted by Crippen LogP contribution is -2.39. The Morgan fingerprint density at radius 2 is 1.92 bits per heavy atom. The van der Waals surface area contributed by atoms with Gasteiger partial charge in [-0.1, -0.05) is 19.1 Å². The number of carbonyl (C=O) groups excluding carboxylic acids is 1. The van der Waals surface area contributed by atoms with E-state index >= 15 is 0 Å². The molecular weight excluding hydrogens is 476 g/mol. The van der Waals surface area contributed by atoms with Crippen molar-refractivity contribution in [2.45, 2.75) is 71.6 Å². The molecule has 0 saturated carbocycles. The molecule has 2 aromatic rings. The number of esters is 1. The summed E-state index contributed by atoms with van der Waals surface area (Å²) in [7, 11) is 0. The minimum atomic E-state index is -0.724. The molecule has 1 N–H and O–H groups in total. The van der Waals surface area contributed by atoms with E-state index in [0.717, 1.165) is 31.4 Å². The first kappa shape index (κ1) is 29.0. The Hall–Kier alpha value is -2.61. The minimum absolute atomic E-state index is 0.0947. The highest BCUT2D eigenvalue weighted by atomic mass is 19.1. The molecule has 3 atom stereocenters. The minimum Gasteiger partial charge on any atom is -0.463 e.